The quantitative estimate of drug-likeness (QED) is 0.303. The lowest BCUT2D eigenvalue weighted by molar-refractivity contribution is -0.140. The summed E-state index contributed by atoms with van der Waals surface area (Å²) in [5.74, 6) is -3.24. The molecule has 8 nitrogen and oxygen atoms in total. The number of Topliss-reactive ketones (excluding diaryl/α,β-unsaturated/α-hetero) is 1. The molecule has 2 aromatic rings. The van der Waals surface area contributed by atoms with Crippen molar-refractivity contribution in [2.75, 3.05) is 14.2 Å². The van der Waals surface area contributed by atoms with Crippen LogP contribution in [0, 0.1) is 17.8 Å². The fraction of sp³-hybridized carbons (Fsp3) is 0.310. The molecule has 2 amide bonds. The van der Waals surface area contributed by atoms with Crippen molar-refractivity contribution < 1.29 is 33.8 Å². The number of thiophene rings is 1. The van der Waals surface area contributed by atoms with Gasteiger partial charge in [-0.1, -0.05) is 17.7 Å². The molecule has 39 heavy (non-hydrogen) atoms. The van der Waals surface area contributed by atoms with Crippen LogP contribution in [-0.4, -0.2) is 47.6 Å². The van der Waals surface area contributed by atoms with Crippen molar-refractivity contribution in [3.05, 3.63) is 73.4 Å². The topological polar surface area (TPSA) is 110 Å². The van der Waals surface area contributed by atoms with E-state index >= 15 is 0 Å². The number of carbonyl (C=O) groups excluding carboxylic acids is 4. The van der Waals surface area contributed by atoms with Gasteiger partial charge in [0.2, 0.25) is 11.8 Å². The number of carbonyl (C=O) groups is 4. The normalized spacial score (nSPS) is 26.2. The van der Waals surface area contributed by atoms with Gasteiger partial charge in [-0.3, -0.25) is 24.1 Å². The Balaban J connectivity index is 1.51. The fourth-order valence-electron chi connectivity index (χ4n) is 6.48. The highest BCUT2D eigenvalue weighted by atomic mass is 79.9. The molecule has 1 aromatic heterocycles. The van der Waals surface area contributed by atoms with Crippen LogP contribution in [0.5, 0.6) is 17.2 Å². The molecule has 10 heteroatoms. The third kappa shape index (κ3) is 3.91. The fourth-order valence-corrected chi connectivity index (χ4v) is 7.62. The first-order chi connectivity index (χ1) is 18.7. The maximum atomic E-state index is 13.8. The van der Waals surface area contributed by atoms with Crippen molar-refractivity contribution in [3.63, 3.8) is 0 Å². The summed E-state index contributed by atoms with van der Waals surface area (Å²) in [5.41, 5.74) is 1.60. The number of amides is 2. The molecule has 0 radical (unpaired) electrons. The minimum Gasteiger partial charge on any atom is -0.507 e. The zero-order valence-corrected chi connectivity index (χ0v) is 23.5. The number of fused-ring (bicyclic) bond motifs is 3. The minimum absolute atomic E-state index is 0.142. The van der Waals surface area contributed by atoms with Gasteiger partial charge in [-0.2, -0.15) is 0 Å². The van der Waals surface area contributed by atoms with Gasteiger partial charge in [0.1, 0.15) is 17.2 Å². The van der Waals surface area contributed by atoms with Crippen molar-refractivity contribution in [2.24, 2.45) is 17.8 Å². The molecule has 0 saturated carbocycles. The second-order valence-corrected chi connectivity index (χ2v) is 11.9. The first kappa shape index (κ1) is 25.8. The van der Waals surface area contributed by atoms with Crippen LogP contribution in [0.3, 0.4) is 0 Å². The van der Waals surface area contributed by atoms with E-state index in [2.05, 4.69) is 15.9 Å². The number of nitrogens with zero attached hydrogens (tertiary/aromatic N) is 1. The number of likely N-dealkylation sites (tertiary alicyclic amines) is 1. The summed E-state index contributed by atoms with van der Waals surface area (Å²) in [4.78, 5) is 56.3. The predicted molar refractivity (Wildman–Crippen MR) is 146 cm³/mol. The number of aromatic hydroxyl groups is 1. The molecule has 3 aliphatic carbocycles. The van der Waals surface area contributed by atoms with E-state index in [0.717, 1.165) is 10.5 Å². The smallest absolute Gasteiger partial charge is 0.234 e. The molecule has 1 aromatic carbocycles. The van der Waals surface area contributed by atoms with Crippen LogP contribution in [0.15, 0.2) is 63.0 Å². The number of halogens is 1. The molecular formula is C29H24BrNO7S. The van der Waals surface area contributed by atoms with Crippen LogP contribution in [0.1, 0.15) is 29.2 Å². The maximum absolute atomic E-state index is 13.8. The highest BCUT2D eigenvalue weighted by Gasteiger charge is 2.56. The van der Waals surface area contributed by atoms with Crippen LogP contribution in [0.2, 0.25) is 0 Å². The number of rotatable bonds is 5. The number of hydrogen-bond acceptors (Lipinski definition) is 8. The molecule has 2 heterocycles. The van der Waals surface area contributed by atoms with E-state index in [1.807, 2.05) is 23.6 Å². The number of phenolic OH excluding ortho intramolecular Hbond substituents is 1. The molecule has 1 aliphatic heterocycles. The standard InChI is InChI=1S/C29H24BrNO7S/c1-37-13-8-20(32)26(22(9-13)38-2)25-15-5-6-16-23(29(36)31(28(16)35)12-14-4-3-7-39-14)17(15)10-18-24(25)21(33)11-19(30)27(18)34/h3-5,7-9,11,16-17,23,25,32H,6,10,12H2,1-2H3/t16-,17+,23-,25-/m0/s1. The van der Waals surface area contributed by atoms with E-state index in [-0.39, 0.29) is 63.5 Å². The molecule has 0 spiro atoms. The van der Waals surface area contributed by atoms with E-state index in [0.29, 0.717) is 17.7 Å². The molecule has 1 N–H and O–H groups in total. The first-order valence-corrected chi connectivity index (χ1v) is 14.1. The van der Waals surface area contributed by atoms with Gasteiger partial charge in [-0.05, 0) is 46.1 Å². The Hall–Kier alpha value is -3.50. The maximum Gasteiger partial charge on any atom is 0.234 e. The van der Waals surface area contributed by atoms with Crippen LogP contribution >= 0.6 is 27.3 Å². The predicted octanol–water partition coefficient (Wildman–Crippen LogP) is 4.43. The Kier molecular flexibility index (Phi) is 6.34. The minimum atomic E-state index is -0.830. The zero-order chi connectivity index (χ0) is 27.6. The lowest BCUT2D eigenvalue weighted by atomic mass is 9.59. The Bertz CT molecular complexity index is 1540. The van der Waals surface area contributed by atoms with Gasteiger partial charge in [0, 0.05) is 45.7 Å². The Labute approximate surface area is 236 Å². The second-order valence-electron chi connectivity index (χ2n) is 10.00. The van der Waals surface area contributed by atoms with Gasteiger partial charge in [0.05, 0.1) is 37.1 Å². The number of ketones is 2. The van der Waals surface area contributed by atoms with E-state index in [9.17, 15) is 24.3 Å². The van der Waals surface area contributed by atoms with Crippen LogP contribution in [0.25, 0.3) is 0 Å². The highest BCUT2D eigenvalue weighted by Crippen LogP contribution is 2.58. The van der Waals surface area contributed by atoms with Crippen LogP contribution in [0.4, 0.5) is 0 Å². The molecular weight excluding hydrogens is 586 g/mol. The number of phenols is 1. The molecule has 4 atom stereocenters. The van der Waals surface area contributed by atoms with Gasteiger partial charge in [-0.15, -0.1) is 11.3 Å². The van der Waals surface area contributed by atoms with Crippen LogP contribution in [-0.2, 0) is 25.7 Å². The largest absolute Gasteiger partial charge is 0.507 e. The summed E-state index contributed by atoms with van der Waals surface area (Å²) < 4.78 is 11.1. The van der Waals surface area contributed by atoms with Crippen molar-refractivity contribution in [3.8, 4) is 17.2 Å². The summed E-state index contributed by atoms with van der Waals surface area (Å²) in [7, 11) is 2.91. The molecule has 200 valence electrons. The van der Waals surface area contributed by atoms with Gasteiger partial charge < -0.3 is 14.6 Å². The Morgan fingerprint density at radius 3 is 2.59 bits per heavy atom. The second kappa shape index (κ2) is 9.60. The molecule has 4 aliphatic rings. The van der Waals surface area contributed by atoms with Gasteiger partial charge >= 0.3 is 0 Å². The number of methoxy groups -OCH3 is 2. The zero-order valence-electron chi connectivity index (χ0n) is 21.1. The van der Waals surface area contributed by atoms with Gasteiger partial charge in [0.15, 0.2) is 11.6 Å². The first-order valence-electron chi connectivity index (χ1n) is 12.5. The molecule has 1 fully saturated rings. The highest BCUT2D eigenvalue weighted by molar-refractivity contribution is 9.12. The third-order valence-corrected chi connectivity index (χ3v) is 9.60. The summed E-state index contributed by atoms with van der Waals surface area (Å²) in [6, 6.07) is 6.81. The molecule has 0 bridgehead atoms. The molecule has 6 rings (SSSR count). The van der Waals surface area contributed by atoms with Crippen molar-refractivity contribution in [1.29, 1.82) is 0 Å². The van der Waals surface area contributed by atoms with E-state index in [1.54, 1.807) is 6.07 Å². The van der Waals surface area contributed by atoms with Crippen molar-refractivity contribution >= 4 is 50.6 Å². The Morgan fingerprint density at radius 2 is 1.90 bits per heavy atom. The third-order valence-electron chi connectivity index (χ3n) is 8.15. The van der Waals surface area contributed by atoms with Crippen molar-refractivity contribution in [1.82, 2.24) is 4.90 Å². The number of allylic oxidation sites excluding steroid dienone is 6. The average Bonchev–Trinajstić information content (AvgIpc) is 3.53. The lowest BCUT2D eigenvalue weighted by Gasteiger charge is -2.42. The molecule has 0 unspecified atom stereocenters. The summed E-state index contributed by atoms with van der Waals surface area (Å²) >= 11 is 4.71. The SMILES string of the molecule is COc1cc(O)c([C@H]2C3=CC[C@@H]4C(=O)N(Cc5cccs5)C(=O)[C@@H]4[C@@H]3CC3=C2C(=O)C=C(Br)C3=O)c(OC)c1. The summed E-state index contributed by atoms with van der Waals surface area (Å²) in [6.07, 6.45) is 3.63. The van der Waals surface area contributed by atoms with E-state index < -0.39 is 23.7 Å². The van der Waals surface area contributed by atoms with Gasteiger partial charge in [-0.25, -0.2) is 0 Å². The number of ether oxygens (including phenoxy) is 2. The average molecular weight is 610 g/mol. The summed E-state index contributed by atoms with van der Waals surface area (Å²) in [6.45, 7) is 0.209. The molecule has 1 saturated heterocycles. The van der Waals surface area contributed by atoms with E-state index in [4.69, 9.17) is 9.47 Å². The lowest BCUT2D eigenvalue weighted by Crippen LogP contribution is -2.39. The number of hydrogen-bond donors (Lipinski definition) is 1. The number of benzene rings is 1. The number of imide groups is 1. The summed E-state index contributed by atoms with van der Waals surface area (Å²) in [5, 5.41) is 13.1. The Morgan fingerprint density at radius 1 is 1.10 bits per heavy atom. The monoisotopic (exact) mass is 609 g/mol. The van der Waals surface area contributed by atoms with Gasteiger partial charge in [0.25, 0.3) is 0 Å². The van der Waals surface area contributed by atoms with E-state index in [1.165, 1.54) is 42.6 Å². The van der Waals surface area contributed by atoms with Crippen LogP contribution < -0.4 is 9.47 Å². The van der Waals surface area contributed by atoms with Crippen molar-refractivity contribution in [2.45, 2.75) is 25.3 Å².